The number of fused-ring (bicyclic) bond motifs is 4. The summed E-state index contributed by atoms with van der Waals surface area (Å²) in [6.07, 6.45) is 7.64. The van der Waals surface area contributed by atoms with E-state index in [1.165, 1.54) is 0 Å². The number of carbonyl (C=O) groups is 1. The van der Waals surface area contributed by atoms with Crippen molar-refractivity contribution < 1.29 is 14.3 Å². The summed E-state index contributed by atoms with van der Waals surface area (Å²) in [5, 5.41) is 1.08. The summed E-state index contributed by atoms with van der Waals surface area (Å²) in [4.78, 5) is 26.5. The van der Waals surface area contributed by atoms with Crippen molar-refractivity contribution in [2.45, 2.75) is 31.1 Å². The van der Waals surface area contributed by atoms with Crippen molar-refractivity contribution in [3.05, 3.63) is 48.3 Å². The fraction of sp³-hybridized carbons (Fsp3) is 0.444. The predicted molar refractivity (Wildman–Crippen MR) is 131 cm³/mol. The molecule has 1 amide bonds. The van der Waals surface area contributed by atoms with Gasteiger partial charge in [0.1, 0.15) is 0 Å². The topological polar surface area (TPSA) is 67.8 Å². The molecule has 1 saturated heterocycles. The molecule has 0 N–H and O–H groups in total. The zero-order chi connectivity index (χ0) is 23.1. The Morgan fingerprint density at radius 2 is 1.88 bits per heavy atom. The first-order valence-corrected chi connectivity index (χ1v) is 12.3. The number of hydrogen-bond acceptors (Lipinski definition) is 6. The van der Waals surface area contributed by atoms with Gasteiger partial charge in [0.25, 0.3) is 0 Å². The van der Waals surface area contributed by atoms with Crippen LogP contribution >= 0.6 is 0 Å². The van der Waals surface area contributed by atoms with E-state index in [1.807, 2.05) is 25.5 Å². The maximum atomic E-state index is 13.1. The zero-order valence-corrected chi connectivity index (χ0v) is 19.6. The third-order valence-electron chi connectivity index (χ3n) is 7.65. The van der Waals surface area contributed by atoms with Gasteiger partial charge in [-0.25, -0.2) is 4.98 Å². The van der Waals surface area contributed by atoms with Crippen LogP contribution < -0.4 is 9.64 Å². The summed E-state index contributed by atoms with van der Waals surface area (Å²) < 4.78 is 11.3. The molecule has 1 aromatic carbocycles. The number of carbonyl (C=O) groups excluding carboxylic acids is 1. The summed E-state index contributed by atoms with van der Waals surface area (Å²) >= 11 is 0. The van der Waals surface area contributed by atoms with Crippen LogP contribution in [0.15, 0.2) is 42.7 Å². The molecule has 0 radical (unpaired) electrons. The number of likely N-dealkylation sites (N-methyl/N-ethyl adjacent to an activating group) is 1. The number of benzene rings is 1. The molecule has 2 aromatic heterocycles. The van der Waals surface area contributed by atoms with Gasteiger partial charge in [0, 0.05) is 55.5 Å². The Labute approximate surface area is 199 Å². The molecule has 1 spiro atoms. The van der Waals surface area contributed by atoms with E-state index in [0.717, 1.165) is 91.8 Å². The Hall–Kier alpha value is -3.03. The number of morpholine rings is 1. The highest BCUT2D eigenvalue weighted by Crippen LogP contribution is 2.55. The molecule has 1 aliphatic carbocycles. The normalized spacial score (nSPS) is 19.4. The summed E-state index contributed by atoms with van der Waals surface area (Å²) in [5.74, 6) is 0.861. The van der Waals surface area contributed by atoms with Crippen molar-refractivity contribution in [1.29, 1.82) is 0 Å². The van der Waals surface area contributed by atoms with Crippen LogP contribution in [0, 0.1) is 0 Å². The van der Waals surface area contributed by atoms with Crippen LogP contribution in [-0.4, -0.2) is 67.3 Å². The summed E-state index contributed by atoms with van der Waals surface area (Å²) in [7, 11) is 1.87. The van der Waals surface area contributed by atoms with E-state index in [4.69, 9.17) is 9.47 Å². The van der Waals surface area contributed by atoms with Gasteiger partial charge in [-0.2, -0.15) is 0 Å². The quantitative estimate of drug-likeness (QED) is 0.524. The monoisotopic (exact) mass is 458 g/mol. The van der Waals surface area contributed by atoms with E-state index < -0.39 is 0 Å². The second-order valence-electron chi connectivity index (χ2n) is 9.59. The van der Waals surface area contributed by atoms with Crippen LogP contribution in [0.5, 0.6) is 5.88 Å². The molecule has 1 saturated carbocycles. The van der Waals surface area contributed by atoms with Gasteiger partial charge in [0.2, 0.25) is 11.8 Å². The Balaban J connectivity index is 1.20. The fourth-order valence-electron chi connectivity index (χ4n) is 5.58. The number of nitrogens with zero attached hydrogens (tertiary/aromatic N) is 4. The molecular weight excluding hydrogens is 428 g/mol. The lowest BCUT2D eigenvalue weighted by Gasteiger charge is -2.37. The lowest BCUT2D eigenvalue weighted by atomic mass is 9.64. The van der Waals surface area contributed by atoms with Crippen LogP contribution in [0.2, 0.25) is 0 Å². The number of ether oxygens (including phenoxy) is 2. The minimum Gasteiger partial charge on any atom is -0.478 e. The van der Waals surface area contributed by atoms with Crippen molar-refractivity contribution >= 4 is 22.5 Å². The third-order valence-corrected chi connectivity index (χ3v) is 7.65. The third kappa shape index (κ3) is 3.54. The summed E-state index contributed by atoms with van der Waals surface area (Å²) in [5.41, 5.74) is 4.79. The molecule has 3 aliphatic rings. The van der Waals surface area contributed by atoms with Crippen molar-refractivity contribution in [1.82, 2.24) is 14.9 Å². The number of anilines is 1. The van der Waals surface area contributed by atoms with E-state index >= 15 is 0 Å². The van der Waals surface area contributed by atoms with Crippen LogP contribution in [0.4, 0.5) is 5.69 Å². The number of pyridine rings is 2. The minimum absolute atomic E-state index is 0.213. The molecule has 176 valence electrons. The molecule has 7 nitrogen and oxygen atoms in total. The molecule has 6 rings (SSSR count). The molecule has 0 unspecified atom stereocenters. The largest absolute Gasteiger partial charge is 0.478 e. The van der Waals surface area contributed by atoms with Crippen molar-refractivity contribution in [3.63, 3.8) is 0 Å². The zero-order valence-electron chi connectivity index (χ0n) is 19.6. The SMILES string of the molecule is CN1C(=O)C2(CCC2)c2c1cnc1ccc(-c3ccc(OCCCN4CCOCC4)nc3)cc21. The van der Waals surface area contributed by atoms with Crippen LogP contribution in [0.1, 0.15) is 31.2 Å². The Morgan fingerprint density at radius 1 is 1.06 bits per heavy atom. The Bertz CT molecular complexity index is 1220. The number of aromatic nitrogens is 2. The second kappa shape index (κ2) is 8.64. The van der Waals surface area contributed by atoms with Gasteiger partial charge < -0.3 is 14.4 Å². The maximum absolute atomic E-state index is 13.1. The van der Waals surface area contributed by atoms with E-state index in [1.54, 1.807) is 4.90 Å². The first kappa shape index (κ1) is 21.5. The van der Waals surface area contributed by atoms with E-state index in [0.29, 0.717) is 12.5 Å². The Kier molecular flexibility index (Phi) is 5.46. The van der Waals surface area contributed by atoms with Gasteiger partial charge in [0.15, 0.2) is 0 Å². The first-order chi connectivity index (χ1) is 16.7. The molecule has 34 heavy (non-hydrogen) atoms. The smallest absolute Gasteiger partial charge is 0.237 e. The van der Waals surface area contributed by atoms with Gasteiger partial charge >= 0.3 is 0 Å². The number of amides is 1. The summed E-state index contributed by atoms with van der Waals surface area (Å²) in [6.45, 7) is 5.33. The number of hydrogen-bond donors (Lipinski definition) is 0. The van der Waals surface area contributed by atoms with E-state index in [9.17, 15) is 4.79 Å². The van der Waals surface area contributed by atoms with Crippen LogP contribution in [-0.2, 0) is 14.9 Å². The molecule has 0 bridgehead atoms. The second-order valence-corrected chi connectivity index (χ2v) is 9.59. The number of rotatable bonds is 6. The van der Waals surface area contributed by atoms with Crippen molar-refractivity contribution in [2.24, 2.45) is 0 Å². The molecule has 2 fully saturated rings. The average Bonchev–Trinajstić information content (AvgIpc) is 3.10. The molecule has 2 aliphatic heterocycles. The fourth-order valence-corrected chi connectivity index (χ4v) is 5.58. The highest BCUT2D eigenvalue weighted by molar-refractivity contribution is 6.13. The average molecular weight is 459 g/mol. The molecule has 7 heteroatoms. The van der Waals surface area contributed by atoms with Gasteiger partial charge in [-0.1, -0.05) is 12.5 Å². The molecule has 4 heterocycles. The highest BCUT2D eigenvalue weighted by atomic mass is 16.5. The van der Waals surface area contributed by atoms with Crippen molar-refractivity contribution in [3.8, 4) is 17.0 Å². The van der Waals surface area contributed by atoms with Gasteiger partial charge in [-0.3, -0.25) is 14.7 Å². The standard InChI is InChI=1S/C27H30N4O3/c1-30-23-18-28-22-6-4-19(16-21(22)25(23)27(26(30)32)8-2-9-27)20-5-7-24(29-17-20)34-13-3-10-31-11-14-33-15-12-31/h4-7,16-18H,2-3,8-15H2,1H3. The van der Waals surface area contributed by atoms with Crippen LogP contribution in [0.25, 0.3) is 22.0 Å². The lowest BCUT2D eigenvalue weighted by molar-refractivity contribution is -0.125. The van der Waals surface area contributed by atoms with E-state index in [2.05, 4.69) is 39.1 Å². The van der Waals surface area contributed by atoms with Gasteiger partial charge in [0.05, 0.1) is 42.6 Å². The predicted octanol–water partition coefficient (Wildman–Crippen LogP) is 3.80. The minimum atomic E-state index is -0.360. The Morgan fingerprint density at radius 3 is 2.62 bits per heavy atom. The summed E-state index contributed by atoms with van der Waals surface area (Å²) in [6, 6.07) is 10.3. The molecule has 3 aromatic rings. The first-order valence-electron chi connectivity index (χ1n) is 12.3. The van der Waals surface area contributed by atoms with Gasteiger partial charge in [-0.05, 0) is 43.0 Å². The highest BCUT2D eigenvalue weighted by Gasteiger charge is 2.54. The van der Waals surface area contributed by atoms with Gasteiger partial charge in [-0.15, -0.1) is 0 Å². The maximum Gasteiger partial charge on any atom is 0.237 e. The molecular formula is C27H30N4O3. The van der Waals surface area contributed by atoms with E-state index in [-0.39, 0.29) is 11.3 Å². The van der Waals surface area contributed by atoms with Crippen LogP contribution in [0.3, 0.4) is 0 Å². The molecule has 0 atom stereocenters. The lowest BCUT2D eigenvalue weighted by Crippen LogP contribution is -2.43. The van der Waals surface area contributed by atoms with Crippen molar-refractivity contribution in [2.75, 3.05) is 51.4 Å².